The SMILES string of the molecule is CCNC(=O)c1ccc(-n2cc(C(=O)Nc3cccc(F)c3)nn2)cc1. The zero-order valence-corrected chi connectivity index (χ0v) is 13.9. The molecule has 132 valence electrons. The van der Waals surface area contributed by atoms with E-state index in [0.29, 0.717) is 23.5 Å². The first-order valence-corrected chi connectivity index (χ1v) is 7.94. The molecule has 2 aromatic carbocycles. The lowest BCUT2D eigenvalue weighted by Gasteiger charge is -2.04. The number of nitrogens with one attached hydrogen (secondary N) is 2. The van der Waals surface area contributed by atoms with Crippen LogP contribution in [-0.2, 0) is 0 Å². The van der Waals surface area contributed by atoms with Crippen LogP contribution in [0.2, 0.25) is 0 Å². The maximum absolute atomic E-state index is 13.2. The Labute approximate surface area is 148 Å². The quantitative estimate of drug-likeness (QED) is 0.737. The van der Waals surface area contributed by atoms with Gasteiger partial charge in [-0.25, -0.2) is 9.07 Å². The van der Waals surface area contributed by atoms with E-state index in [0.717, 1.165) is 0 Å². The summed E-state index contributed by atoms with van der Waals surface area (Å²) in [5, 5.41) is 13.0. The summed E-state index contributed by atoms with van der Waals surface area (Å²) < 4.78 is 14.6. The van der Waals surface area contributed by atoms with Gasteiger partial charge in [0.05, 0.1) is 11.9 Å². The highest BCUT2D eigenvalue weighted by Gasteiger charge is 2.12. The van der Waals surface area contributed by atoms with Gasteiger partial charge in [-0.15, -0.1) is 5.10 Å². The average Bonchev–Trinajstić information content (AvgIpc) is 3.12. The van der Waals surface area contributed by atoms with Gasteiger partial charge in [-0.1, -0.05) is 11.3 Å². The highest BCUT2D eigenvalue weighted by Crippen LogP contribution is 2.12. The molecule has 3 rings (SSSR count). The smallest absolute Gasteiger partial charge is 0.277 e. The second kappa shape index (κ2) is 7.56. The largest absolute Gasteiger partial charge is 0.352 e. The molecule has 26 heavy (non-hydrogen) atoms. The Morgan fingerprint density at radius 3 is 2.58 bits per heavy atom. The summed E-state index contributed by atoms with van der Waals surface area (Å²) in [5.74, 6) is -1.10. The monoisotopic (exact) mass is 353 g/mol. The van der Waals surface area contributed by atoms with E-state index in [1.807, 2.05) is 6.92 Å². The van der Waals surface area contributed by atoms with E-state index in [9.17, 15) is 14.0 Å². The van der Waals surface area contributed by atoms with Crippen LogP contribution in [0, 0.1) is 5.82 Å². The number of amides is 2. The van der Waals surface area contributed by atoms with Gasteiger partial charge in [-0.2, -0.15) is 0 Å². The minimum atomic E-state index is -0.499. The number of aromatic nitrogens is 3. The van der Waals surface area contributed by atoms with Gasteiger partial charge in [-0.3, -0.25) is 9.59 Å². The summed E-state index contributed by atoms with van der Waals surface area (Å²) in [6.07, 6.45) is 1.45. The van der Waals surface area contributed by atoms with Gasteiger partial charge < -0.3 is 10.6 Å². The van der Waals surface area contributed by atoms with Crippen molar-refractivity contribution in [2.45, 2.75) is 6.92 Å². The van der Waals surface area contributed by atoms with Crippen molar-refractivity contribution < 1.29 is 14.0 Å². The molecule has 3 aromatic rings. The van der Waals surface area contributed by atoms with E-state index in [1.165, 1.54) is 29.1 Å². The third-order valence-electron chi connectivity index (χ3n) is 3.54. The molecule has 8 heteroatoms. The van der Waals surface area contributed by atoms with Crippen molar-refractivity contribution in [2.24, 2.45) is 0 Å². The zero-order valence-electron chi connectivity index (χ0n) is 13.9. The summed E-state index contributed by atoms with van der Waals surface area (Å²) in [4.78, 5) is 23.9. The minimum Gasteiger partial charge on any atom is -0.352 e. The lowest BCUT2D eigenvalue weighted by atomic mass is 10.2. The normalized spacial score (nSPS) is 10.4. The topological polar surface area (TPSA) is 88.9 Å². The summed E-state index contributed by atoms with van der Waals surface area (Å²) in [6, 6.07) is 12.3. The van der Waals surface area contributed by atoms with E-state index < -0.39 is 11.7 Å². The lowest BCUT2D eigenvalue weighted by Crippen LogP contribution is -2.22. The van der Waals surface area contributed by atoms with E-state index >= 15 is 0 Å². The molecule has 0 aliphatic rings. The highest BCUT2D eigenvalue weighted by molar-refractivity contribution is 6.02. The summed E-state index contributed by atoms with van der Waals surface area (Å²) >= 11 is 0. The number of benzene rings is 2. The zero-order chi connectivity index (χ0) is 18.5. The predicted octanol–water partition coefficient (Wildman–Crippen LogP) is 2.41. The fourth-order valence-corrected chi connectivity index (χ4v) is 2.28. The third-order valence-corrected chi connectivity index (χ3v) is 3.54. The molecule has 0 saturated carbocycles. The molecule has 0 bridgehead atoms. The van der Waals surface area contributed by atoms with Crippen molar-refractivity contribution in [3.63, 3.8) is 0 Å². The molecular formula is C18H16FN5O2. The first-order valence-electron chi connectivity index (χ1n) is 7.94. The van der Waals surface area contributed by atoms with Gasteiger partial charge in [-0.05, 0) is 49.4 Å². The first kappa shape index (κ1) is 17.3. The van der Waals surface area contributed by atoms with Crippen LogP contribution >= 0.6 is 0 Å². The Morgan fingerprint density at radius 2 is 1.88 bits per heavy atom. The lowest BCUT2D eigenvalue weighted by molar-refractivity contribution is 0.0955. The Bertz CT molecular complexity index is 937. The van der Waals surface area contributed by atoms with Crippen molar-refractivity contribution in [3.05, 3.63) is 71.8 Å². The summed E-state index contributed by atoms with van der Waals surface area (Å²) in [6.45, 7) is 2.39. The van der Waals surface area contributed by atoms with E-state index in [1.54, 1.807) is 30.3 Å². The van der Waals surface area contributed by atoms with Crippen molar-refractivity contribution in [1.82, 2.24) is 20.3 Å². The number of carbonyl (C=O) groups excluding carboxylic acids is 2. The molecule has 0 saturated heterocycles. The van der Waals surface area contributed by atoms with Gasteiger partial charge in [0.2, 0.25) is 0 Å². The van der Waals surface area contributed by atoms with Gasteiger partial charge in [0.15, 0.2) is 5.69 Å². The fraction of sp³-hybridized carbons (Fsp3) is 0.111. The first-order chi connectivity index (χ1) is 12.6. The van der Waals surface area contributed by atoms with Gasteiger partial charge in [0.25, 0.3) is 11.8 Å². The van der Waals surface area contributed by atoms with Crippen LogP contribution in [0.4, 0.5) is 10.1 Å². The predicted molar refractivity (Wildman–Crippen MR) is 93.7 cm³/mol. The van der Waals surface area contributed by atoms with Crippen molar-refractivity contribution in [3.8, 4) is 5.69 Å². The van der Waals surface area contributed by atoms with Crippen LogP contribution in [0.3, 0.4) is 0 Å². The molecule has 7 nitrogen and oxygen atoms in total. The van der Waals surface area contributed by atoms with Crippen LogP contribution in [0.15, 0.2) is 54.7 Å². The molecule has 0 aliphatic heterocycles. The maximum Gasteiger partial charge on any atom is 0.277 e. The number of halogens is 1. The molecule has 0 fully saturated rings. The van der Waals surface area contributed by atoms with Crippen LogP contribution in [0.25, 0.3) is 5.69 Å². The molecule has 0 aliphatic carbocycles. The van der Waals surface area contributed by atoms with Gasteiger partial charge in [0, 0.05) is 17.8 Å². The van der Waals surface area contributed by atoms with Gasteiger partial charge in [0.1, 0.15) is 5.82 Å². The minimum absolute atomic E-state index is 0.0852. The van der Waals surface area contributed by atoms with E-state index in [-0.39, 0.29) is 11.6 Å². The highest BCUT2D eigenvalue weighted by atomic mass is 19.1. The number of carbonyl (C=O) groups is 2. The Balaban J connectivity index is 1.73. The second-order valence-electron chi connectivity index (χ2n) is 5.42. The Morgan fingerprint density at radius 1 is 1.12 bits per heavy atom. The fourth-order valence-electron chi connectivity index (χ4n) is 2.28. The van der Waals surface area contributed by atoms with Crippen LogP contribution in [-0.4, -0.2) is 33.4 Å². The third kappa shape index (κ3) is 3.92. The van der Waals surface area contributed by atoms with Crippen LogP contribution < -0.4 is 10.6 Å². The molecule has 0 unspecified atom stereocenters. The van der Waals surface area contributed by atoms with Crippen molar-refractivity contribution in [2.75, 3.05) is 11.9 Å². The number of rotatable bonds is 5. The number of anilines is 1. The molecule has 0 radical (unpaired) electrons. The Hall–Kier alpha value is -3.55. The standard InChI is InChI=1S/C18H16FN5O2/c1-2-20-17(25)12-6-8-15(9-7-12)24-11-16(22-23-24)18(26)21-14-5-3-4-13(19)10-14/h3-11H,2H2,1H3,(H,20,25)(H,21,26). The van der Waals surface area contributed by atoms with E-state index in [2.05, 4.69) is 20.9 Å². The number of nitrogens with zero attached hydrogens (tertiary/aromatic N) is 3. The molecule has 0 spiro atoms. The number of hydrogen-bond donors (Lipinski definition) is 2. The van der Waals surface area contributed by atoms with Crippen molar-refractivity contribution >= 4 is 17.5 Å². The molecule has 1 aromatic heterocycles. The molecule has 1 heterocycles. The number of hydrogen-bond acceptors (Lipinski definition) is 4. The van der Waals surface area contributed by atoms with Crippen LogP contribution in [0.5, 0.6) is 0 Å². The van der Waals surface area contributed by atoms with Gasteiger partial charge >= 0.3 is 0 Å². The van der Waals surface area contributed by atoms with Crippen LogP contribution in [0.1, 0.15) is 27.8 Å². The maximum atomic E-state index is 13.2. The molecule has 2 amide bonds. The van der Waals surface area contributed by atoms with E-state index in [4.69, 9.17) is 0 Å². The molecule has 0 atom stereocenters. The molecular weight excluding hydrogens is 337 g/mol. The second-order valence-corrected chi connectivity index (χ2v) is 5.42. The summed E-state index contributed by atoms with van der Waals surface area (Å²) in [7, 11) is 0. The average molecular weight is 353 g/mol. The summed E-state index contributed by atoms with van der Waals surface area (Å²) in [5.41, 5.74) is 1.59. The Kier molecular flexibility index (Phi) is 5.02. The molecule has 2 N–H and O–H groups in total. The van der Waals surface area contributed by atoms with Crippen molar-refractivity contribution in [1.29, 1.82) is 0 Å².